The average molecular weight is 431 g/mol. The molecule has 1 aromatic carbocycles. The maximum Gasteiger partial charge on any atom is 0.586 e. The monoisotopic (exact) mass is 431 g/mol. The molecule has 1 atom stereocenters. The van der Waals surface area contributed by atoms with Gasteiger partial charge in [0.05, 0.1) is 6.61 Å². The van der Waals surface area contributed by atoms with Crippen molar-refractivity contribution in [1.29, 1.82) is 0 Å². The number of rotatable bonds is 8. The van der Waals surface area contributed by atoms with Crippen molar-refractivity contribution in [3.8, 4) is 5.75 Å². The highest BCUT2D eigenvalue weighted by Gasteiger charge is 2.37. The van der Waals surface area contributed by atoms with E-state index in [4.69, 9.17) is 12.7 Å². The van der Waals surface area contributed by atoms with Gasteiger partial charge in [-0.1, -0.05) is 19.1 Å². The number of nitrogens with zero attached hydrogens (tertiary/aromatic N) is 2. The smallest absolute Gasteiger partial charge is 0.494 e. The number of benzene rings is 1. The molecule has 0 saturated carbocycles. The Morgan fingerprint density at radius 1 is 1.19 bits per heavy atom. The number of pyridine rings is 1. The van der Waals surface area contributed by atoms with Gasteiger partial charge in [0.2, 0.25) is 5.91 Å². The summed E-state index contributed by atoms with van der Waals surface area (Å²) in [5.74, 6) is -0.253. The van der Waals surface area contributed by atoms with Gasteiger partial charge in [-0.05, 0) is 55.0 Å². The molecule has 8 heteroatoms. The number of carbonyl (C=O) groups excluding carboxylic acids is 1. The van der Waals surface area contributed by atoms with Crippen molar-refractivity contribution in [2.24, 2.45) is 5.92 Å². The first-order valence-electron chi connectivity index (χ1n) is 10.6. The zero-order valence-electron chi connectivity index (χ0n) is 17.7. The lowest BCUT2D eigenvalue weighted by Crippen LogP contribution is -2.40. The molecule has 0 fully saturated rings. The molecule has 2 heterocycles. The number of aryl methyl sites for hydroxylation is 1. The minimum atomic E-state index is -4.42. The largest absolute Gasteiger partial charge is 0.586 e. The van der Waals surface area contributed by atoms with E-state index in [0.717, 1.165) is 41.0 Å². The summed E-state index contributed by atoms with van der Waals surface area (Å²) in [4.78, 5) is 13.5. The lowest BCUT2D eigenvalue weighted by Gasteiger charge is -2.25. The number of aromatic nitrogens is 1. The van der Waals surface area contributed by atoms with E-state index in [0.29, 0.717) is 25.2 Å². The molecule has 31 heavy (non-hydrogen) atoms. The molecule has 4 nitrogen and oxygen atoms in total. The number of alkyl halides is 3. The van der Waals surface area contributed by atoms with E-state index in [9.17, 15) is 18.0 Å². The van der Waals surface area contributed by atoms with Crippen LogP contribution in [-0.2, 0) is 24.2 Å². The number of hydrogen-bond donors (Lipinski definition) is 0. The van der Waals surface area contributed by atoms with E-state index < -0.39 is 24.5 Å². The van der Waals surface area contributed by atoms with Gasteiger partial charge < -0.3 is 9.64 Å². The van der Waals surface area contributed by atoms with Crippen molar-refractivity contribution in [1.82, 2.24) is 4.90 Å². The fourth-order valence-electron chi connectivity index (χ4n) is 3.90. The van der Waals surface area contributed by atoms with Crippen LogP contribution in [-0.4, -0.2) is 38.1 Å². The molecule has 1 aliphatic heterocycles. The second-order valence-corrected chi connectivity index (χ2v) is 7.95. The Morgan fingerprint density at radius 2 is 2.00 bits per heavy atom. The van der Waals surface area contributed by atoms with Crippen molar-refractivity contribution >= 4 is 13.9 Å². The van der Waals surface area contributed by atoms with Crippen LogP contribution in [0.2, 0.25) is 0 Å². The fraction of sp³-hybridized carbons (Fsp3) is 0.478. The molecule has 0 aliphatic carbocycles. The van der Waals surface area contributed by atoms with Crippen LogP contribution in [0.5, 0.6) is 5.75 Å². The molecule has 2 aromatic rings. The number of amides is 1. The van der Waals surface area contributed by atoms with Crippen LogP contribution in [0.15, 0.2) is 42.6 Å². The van der Waals surface area contributed by atoms with E-state index in [1.54, 1.807) is 16.7 Å². The van der Waals surface area contributed by atoms with Gasteiger partial charge in [-0.2, -0.15) is 13.2 Å². The van der Waals surface area contributed by atoms with Crippen LogP contribution in [0.25, 0.3) is 0 Å². The summed E-state index contributed by atoms with van der Waals surface area (Å²) in [5, 5.41) is 0. The van der Waals surface area contributed by atoms with Crippen LogP contribution in [0.1, 0.15) is 43.0 Å². The van der Waals surface area contributed by atoms with Crippen LogP contribution in [0.4, 0.5) is 13.2 Å². The number of fused-ring (bicyclic) bond motifs is 1. The molecule has 1 aliphatic rings. The number of ether oxygens (including phenoxy) is 1. The van der Waals surface area contributed by atoms with E-state index in [2.05, 4.69) is 0 Å². The van der Waals surface area contributed by atoms with E-state index in [-0.39, 0.29) is 6.54 Å². The first-order valence-corrected chi connectivity index (χ1v) is 10.6. The molecule has 2 radical (unpaired) electrons. The summed E-state index contributed by atoms with van der Waals surface area (Å²) in [5.41, 5.74) is 2.67. The van der Waals surface area contributed by atoms with Crippen LogP contribution in [0, 0.1) is 5.92 Å². The maximum atomic E-state index is 13.0. The average Bonchev–Trinajstić information content (AvgIpc) is 2.84. The Bertz CT molecular complexity index is 905. The van der Waals surface area contributed by atoms with Crippen LogP contribution >= 0.6 is 0 Å². The quantitative estimate of drug-likeness (QED) is 0.471. The lowest BCUT2D eigenvalue weighted by atomic mass is 9.95. The molecule has 164 valence electrons. The van der Waals surface area contributed by atoms with E-state index in [1.165, 1.54) is 0 Å². The predicted octanol–water partition coefficient (Wildman–Crippen LogP) is 3.78. The topological polar surface area (TPSA) is 33.4 Å². The highest BCUT2D eigenvalue weighted by Crippen LogP contribution is 2.30. The Labute approximate surface area is 182 Å². The number of hydrogen-bond acceptors (Lipinski definition) is 2. The third kappa shape index (κ3) is 6.49. The minimum absolute atomic E-state index is 0.0497. The zero-order chi connectivity index (χ0) is 22.4. The van der Waals surface area contributed by atoms with Gasteiger partial charge in [-0.15, -0.1) is 0 Å². The third-order valence-electron chi connectivity index (χ3n) is 5.60. The van der Waals surface area contributed by atoms with Gasteiger partial charge in [0.25, 0.3) is 0 Å². The molecular weight excluding hydrogens is 404 g/mol. The molecule has 1 amide bonds. The zero-order valence-corrected chi connectivity index (χ0v) is 17.7. The summed E-state index contributed by atoms with van der Waals surface area (Å²) in [6, 6.07) is 11.3. The summed E-state index contributed by atoms with van der Waals surface area (Å²) < 4.78 is 46.4. The van der Waals surface area contributed by atoms with Crippen LogP contribution < -0.4 is 9.21 Å². The first kappa shape index (κ1) is 23.2. The second kappa shape index (κ2) is 10.2. The highest BCUT2D eigenvalue weighted by atomic mass is 19.4. The van der Waals surface area contributed by atoms with Crippen molar-refractivity contribution < 1.29 is 27.2 Å². The minimum Gasteiger partial charge on any atom is -0.494 e. The Morgan fingerprint density at radius 3 is 2.71 bits per heavy atom. The van der Waals surface area contributed by atoms with Gasteiger partial charge in [0, 0.05) is 24.9 Å². The maximum absolute atomic E-state index is 13.0. The van der Waals surface area contributed by atoms with Crippen molar-refractivity contribution in [2.45, 2.75) is 51.7 Å². The van der Waals surface area contributed by atoms with Crippen molar-refractivity contribution in [3.63, 3.8) is 0 Å². The normalized spacial score (nSPS) is 16.7. The molecule has 0 N–H and O–H groups in total. The van der Waals surface area contributed by atoms with Gasteiger partial charge in [0.15, 0.2) is 5.69 Å². The molecule has 0 saturated heterocycles. The molecule has 0 spiro atoms. The molecular formula is C23H27BF3N2O2+. The Hall–Kier alpha value is -2.51. The van der Waals surface area contributed by atoms with Crippen molar-refractivity contribution in [3.05, 3.63) is 59.4 Å². The third-order valence-corrected chi connectivity index (χ3v) is 5.60. The molecule has 0 bridgehead atoms. The Kier molecular flexibility index (Phi) is 7.62. The molecule has 3 rings (SSSR count). The summed E-state index contributed by atoms with van der Waals surface area (Å²) in [6.45, 7) is 1.05. The SMILES string of the molecule is [B][n+]1ccccc1CCCCOc1ccc2c(c1)CN(CC(F)(F)F)C(=O)C(CC)C2. The predicted molar refractivity (Wildman–Crippen MR) is 112 cm³/mol. The fourth-order valence-corrected chi connectivity index (χ4v) is 3.90. The van der Waals surface area contributed by atoms with Crippen LogP contribution in [0.3, 0.4) is 0 Å². The first-order chi connectivity index (χ1) is 14.8. The van der Waals surface area contributed by atoms with E-state index in [1.807, 2.05) is 37.3 Å². The highest BCUT2D eigenvalue weighted by molar-refractivity contribution is 5.94. The Balaban J connectivity index is 1.60. The van der Waals surface area contributed by atoms with E-state index >= 15 is 0 Å². The summed E-state index contributed by atoms with van der Waals surface area (Å²) in [7, 11) is 5.87. The number of carbonyl (C=O) groups is 1. The number of unbranched alkanes of at least 4 members (excludes halogenated alkanes) is 1. The summed E-state index contributed by atoms with van der Waals surface area (Å²) in [6.07, 6.45) is 0.896. The standard InChI is InChI=1S/C23H27BF3N2O2/c1-2-17-13-18-9-10-21(14-19(18)15-28(22(17)30)16-23(25,26)27)31-12-6-4-8-20-7-3-5-11-29(20)24/h3,5,7,9-11,14,17H,2,4,6,8,12-13,15-16H2,1H3/q+1. The molecule has 1 unspecified atom stereocenters. The van der Waals surface area contributed by atoms with Gasteiger partial charge in [0.1, 0.15) is 18.5 Å². The summed E-state index contributed by atoms with van der Waals surface area (Å²) >= 11 is 0. The van der Waals surface area contributed by atoms with Gasteiger partial charge >= 0.3 is 14.2 Å². The molecule has 1 aromatic heterocycles. The number of halogens is 3. The second-order valence-electron chi connectivity index (χ2n) is 7.95. The van der Waals surface area contributed by atoms with Gasteiger partial charge in [-0.25, -0.2) is 0 Å². The van der Waals surface area contributed by atoms with Gasteiger partial charge in [-0.3, -0.25) is 9.27 Å². The lowest BCUT2D eigenvalue weighted by molar-refractivity contribution is -0.531. The van der Waals surface area contributed by atoms with Crippen molar-refractivity contribution in [2.75, 3.05) is 13.2 Å².